The van der Waals surface area contributed by atoms with Crippen LogP contribution in [0.1, 0.15) is 52.9 Å². The van der Waals surface area contributed by atoms with Gasteiger partial charge in [-0.25, -0.2) is 0 Å². The lowest BCUT2D eigenvalue weighted by atomic mass is 9.75. The largest absolute Gasteiger partial charge is 0.316 e. The first kappa shape index (κ1) is 14.2. The summed E-state index contributed by atoms with van der Waals surface area (Å²) in [6.07, 6.45) is 5.77. The lowest BCUT2D eigenvalue weighted by molar-refractivity contribution is 0.216. The third-order valence-corrected chi connectivity index (χ3v) is 5.60. The molecule has 1 saturated carbocycles. The zero-order valence-electron chi connectivity index (χ0n) is 11.2. The van der Waals surface area contributed by atoms with Gasteiger partial charge in [0, 0.05) is 22.6 Å². The lowest BCUT2D eigenvalue weighted by Gasteiger charge is -2.40. The van der Waals surface area contributed by atoms with E-state index in [1.165, 1.54) is 12.8 Å². The Balaban J connectivity index is 2.61. The van der Waals surface area contributed by atoms with Gasteiger partial charge in [0.15, 0.2) is 0 Å². The molecule has 3 unspecified atom stereocenters. The predicted octanol–water partition coefficient (Wildman–Crippen LogP) is 2.70. The highest BCUT2D eigenvalue weighted by Crippen LogP contribution is 2.37. The van der Waals surface area contributed by atoms with Gasteiger partial charge in [0.2, 0.25) is 0 Å². The van der Waals surface area contributed by atoms with E-state index in [1.54, 1.807) is 0 Å². The molecule has 0 amide bonds. The number of hydrogen-bond donors (Lipinski definition) is 1. The average molecular weight is 245 g/mol. The summed E-state index contributed by atoms with van der Waals surface area (Å²) in [6.45, 7) is 6.78. The van der Waals surface area contributed by atoms with Crippen molar-refractivity contribution in [3.63, 3.8) is 0 Å². The summed E-state index contributed by atoms with van der Waals surface area (Å²) < 4.78 is 12.3. The fourth-order valence-corrected chi connectivity index (χ4v) is 4.72. The summed E-state index contributed by atoms with van der Waals surface area (Å²) in [5, 5.41) is 3.72. The Morgan fingerprint density at radius 1 is 1.44 bits per heavy atom. The van der Waals surface area contributed by atoms with E-state index in [4.69, 9.17) is 0 Å². The van der Waals surface area contributed by atoms with Crippen molar-refractivity contribution in [1.82, 2.24) is 5.32 Å². The van der Waals surface area contributed by atoms with Crippen LogP contribution in [-0.4, -0.2) is 28.3 Å². The first-order chi connectivity index (χ1) is 7.50. The molecule has 0 aromatic rings. The van der Waals surface area contributed by atoms with Crippen molar-refractivity contribution >= 4 is 10.8 Å². The highest BCUT2D eigenvalue weighted by Gasteiger charge is 2.36. The molecule has 0 aromatic carbocycles. The van der Waals surface area contributed by atoms with Gasteiger partial charge in [-0.15, -0.1) is 0 Å². The van der Waals surface area contributed by atoms with Crippen molar-refractivity contribution in [2.75, 3.05) is 12.8 Å². The normalized spacial score (nSPS) is 31.2. The summed E-state index contributed by atoms with van der Waals surface area (Å²) in [7, 11) is 1.36. The molecule has 1 fully saturated rings. The van der Waals surface area contributed by atoms with Gasteiger partial charge < -0.3 is 5.32 Å². The third-order valence-electron chi connectivity index (χ3n) is 3.74. The van der Waals surface area contributed by atoms with Crippen LogP contribution in [0.3, 0.4) is 0 Å². The lowest BCUT2D eigenvalue weighted by Crippen LogP contribution is -2.47. The second-order valence-corrected chi connectivity index (χ2v) is 7.55. The van der Waals surface area contributed by atoms with Crippen LogP contribution >= 0.6 is 0 Å². The number of unbranched alkanes of at least 4 members (excludes halogenated alkanes) is 1. The van der Waals surface area contributed by atoms with Crippen molar-refractivity contribution in [2.45, 2.75) is 64.2 Å². The smallest absolute Gasteiger partial charge is 0.0506 e. The van der Waals surface area contributed by atoms with Crippen LogP contribution in [0.2, 0.25) is 0 Å². The summed E-state index contributed by atoms with van der Waals surface area (Å²) in [6, 6.07) is 0.464. The fraction of sp³-hybridized carbons (Fsp3) is 1.00. The highest BCUT2D eigenvalue weighted by atomic mass is 32.2. The molecule has 3 atom stereocenters. The van der Waals surface area contributed by atoms with E-state index in [0.717, 1.165) is 25.0 Å². The molecule has 0 aliphatic heterocycles. The molecule has 0 heterocycles. The average Bonchev–Trinajstić information content (AvgIpc) is 2.24. The minimum atomic E-state index is -0.645. The zero-order valence-corrected chi connectivity index (χ0v) is 12.0. The van der Waals surface area contributed by atoms with Gasteiger partial charge in [-0.2, -0.15) is 0 Å². The van der Waals surface area contributed by atoms with Crippen LogP contribution in [0.25, 0.3) is 0 Å². The molecule has 1 rings (SSSR count). The van der Waals surface area contributed by atoms with Crippen LogP contribution in [0.15, 0.2) is 0 Å². The van der Waals surface area contributed by atoms with Crippen molar-refractivity contribution in [3.8, 4) is 0 Å². The van der Waals surface area contributed by atoms with E-state index in [1.807, 2.05) is 7.05 Å². The Morgan fingerprint density at radius 3 is 2.69 bits per heavy atom. The topological polar surface area (TPSA) is 29.1 Å². The molecule has 16 heavy (non-hydrogen) atoms. The molecule has 0 bridgehead atoms. The van der Waals surface area contributed by atoms with Gasteiger partial charge in [-0.1, -0.05) is 27.2 Å². The molecule has 96 valence electrons. The molecule has 2 nitrogen and oxygen atoms in total. The van der Waals surface area contributed by atoms with Gasteiger partial charge in [0.25, 0.3) is 0 Å². The maximum absolute atomic E-state index is 12.3. The number of hydrogen-bond acceptors (Lipinski definition) is 2. The predicted molar refractivity (Wildman–Crippen MR) is 72.2 cm³/mol. The van der Waals surface area contributed by atoms with Gasteiger partial charge in [0.1, 0.15) is 0 Å². The fourth-order valence-electron chi connectivity index (χ4n) is 2.57. The molecule has 0 saturated heterocycles. The minimum Gasteiger partial charge on any atom is -0.316 e. The molecule has 0 spiro atoms. The number of nitrogens with one attached hydrogen (secondary N) is 1. The highest BCUT2D eigenvalue weighted by molar-refractivity contribution is 7.85. The Labute approximate surface area is 103 Å². The van der Waals surface area contributed by atoms with E-state index in [2.05, 4.69) is 26.1 Å². The maximum atomic E-state index is 12.3. The standard InChI is InChI=1S/C13H27NOS/c1-5-6-9-16(15)12-10-13(2,3)8-7-11(12)14-4/h11-12,14H,5-10H2,1-4H3. The monoisotopic (exact) mass is 245 g/mol. The van der Waals surface area contributed by atoms with Crippen molar-refractivity contribution < 1.29 is 4.21 Å². The molecule has 0 radical (unpaired) electrons. The molecule has 0 aromatic heterocycles. The molecular weight excluding hydrogens is 218 g/mol. The van der Waals surface area contributed by atoms with Crippen molar-refractivity contribution in [2.24, 2.45) is 5.41 Å². The van der Waals surface area contributed by atoms with Crippen molar-refractivity contribution in [3.05, 3.63) is 0 Å². The van der Waals surface area contributed by atoms with Crippen LogP contribution in [-0.2, 0) is 10.8 Å². The molecule has 1 N–H and O–H groups in total. The first-order valence-electron chi connectivity index (χ1n) is 6.54. The maximum Gasteiger partial charge on any atom is 0.0506 e. The van der Waals surface area contributed by atoms with E-state index in [0.29, 0.717) is 16.7 Å². The van der Waals surface area contributed by atoms with Gasteiger partial charge in [-0.3, -0.25) is 4.21 Å². The van der Waals surface area contributed by atoms with Gasteiger partial charge >= 0.3 is 0 Å². The van der Waals surface area contributed by atoms with E-state index in [9.17, 15) is 4.21 Å². The first-order valence-corrected chi connectivity index (χ1v) is 7.93. The second kappa shape index (κ2) is 6.15. The third kappa shape index (κ3) is 3.85. The summed E-state index contributed by atoms with van der Waals surface area (Å²) in [4.78, 5) is 0. The van der Waals surface area contributed by atoms with Crippen LogP contribution in [0, 0.1) is 5.41 Å². The van der Waals surface area contributed by atoms with E-state index in [-0.39, 0.29) is 0 Å². The second-order valence-electron chi connectivity index (χ2n) is 5.78. The Morgan fingerprint density at radius 2 is 2.12 bits per heavy atom. The number of rotatable bonds is 5. The molecule has 1 aliphatic carbocycles. The molecule has 3 heteroatoms. The van der Waals surface area contributed by atoms with Gasteiger partial charge in [-0.05, 0) is 38.1 Å². The van der Waals surface area contributed by atoms with Crippen LogP contribution < -0.4 is 5.32 Å². The van der Waals surface area contributed by atoms with E-state index < -0.39 is 10.8 Å². The molecule has 1 aliphatic rings. The van der Waals surface area contributed by atoms with Crippen LogP contribution in [0.4, 0.5) is 0 Å². The van der Waals surface area contributed by atoms with Crippen molar-refractivity contribution in [1.29, 1.82) is 0 Å². The van der Waals surface area contributed by atoms with Gasteiger partial charge in [0.05, 0.1) is 5.25 Å². The zero-order chi connectivity index (χ0) is 12.2. The summed E-state index contributed by atoms with van der Waals surface area (Å²) in [5.74, 6) is 0.884. The Bertz CT molecular complexity index is 240. The SMILES string of the molecule is CCCCS(=O)C1CC(C)(C)CCC1NC. The quantitative estimate of drug-likeness (QED) is 0.807. The Hall–Kier alpha value is 0.110. The summed E-state index contributed by atoms with van der Waals surface area (Å²) in [5.41, 5.74) is 0.375. The Kier molecular flexibility index (Phi) is 5.45. The summed E-state index contributed by atoms with van der Waals surface area (Å²) >= 11 is 0. The molecular formula is C13H27NOS. The minimum absolute atomic E-state index is 0.361. The van der Waals surface area contributed by atoms with Crippen LogP contribution in [0.5, 0.6) is 0 Å². The van der Waals surface area contributed by atoms with E-state index >= 15 is 0 Å².